The number of carboxylic acid groups (broad SMARTS) is 1. The van der Waals surface area contributed by atoms with Gasteiger partial charge < -0.3 is 14.7 Å². The van der Waals surface area contributed by atoms with Crippen LogP contribution in [0.5, 0.6) is 0 Å². The number of carboxylic acids is 1. The van der Waals surface area contributed by atoms with E-state index in [1.807, 2.05) is 20.8 Å². The predicted molar refractivity (Wildman–Crippen MR) is 70.7 cm³/mol. The summed E-state index contributed by atoms with van der Waals surface area (Å²) >= 11 is 1.26. The van der Waals surface area contributed by atoms with Gasteiger partial charge in [-0.2, -0.15) is 0 Å². The van der Waals surface area contributed by atoms with E-state index >= 15 is 0 Å². The predicted octanol–water partition coefficient (Wildman–Crippen LogP) is 2.02. The molecule has 0 unspecified atom stereocenters. The van der Waals surface area contributed by atoms with Gasteiger partial charge in [-0.15, -0.1) is 0 Å². The smallest absolute Gasteiger partial charge is 0.347 e. The number of anilines is 1. The molecule has 0 spiro atoms. The molecule has 0 aliphatic carbocycles. The van der Waals surface area contributed by atoms with Gasteiger partial charge in [0.2, 0.25) is 0 Å². The third-order valence-corrected chi connectivity index (χ3v) is 4.06. The fraction of sp³-hybridized carbons (Fsp3) is 0.667. The summed E-state index contributed by atoms with van der Waals surface area (Å²) in [5, 5.41) is 9.93. The molecule has 0 saturated carbocycles. The Hall–Kier alpha value is -1.14. The van der Waals surface area contributed by atoms with Crippen molar-refractivity contribution in [1.29, 1.82) is 0 Å². The first-order valence-electron chi connectivity index (χ1n) is 6.05. The second-order valence-corrected chi connectivity index (χ2v) is 5.94. The van der Waals surface area contributed by atoms with Crippen molar-refractivity contribution in [3.05, 3.63) is 10.6 Å². The number of hydrogen-bond donors (Lipinski definition) is 1. The molecule has 1 aliphatic heterocycles. The fourth-order valence-corrected chi connectivity index (χ4v) is 3.08. The Morgan fingerprint density at radius 2 is 2.33 bits per heavy atom. The van der Waals surface area contributed by atoms with Crippen LogP contribution in [0.4, 0.5) is 5.13 Å². The quantitative estimate of drug-likeness (QED) is 0.910. The fourth-order valence-electron chi connectivity index (χ4n) is 2.06. The molecule has 0 radical (unpaired) electrons. The van der Waals surface area contributed by atoms with Crippen molar-refractivity contribution < 1.29 is 14.6 Å². The lowest BCUT2D eigenvalue weighted by molar-refractivity contribution is -0.0277. The summed E-state index contributed by atoms with van der Waals surface area (Å²) in [4.78, 5) is 18.0. The van der Waals surface area contributed by atoms with Crippen molar-refractivity contribution in [3.63, 3.8) is 0 Å². The zero-order valence-corrected chi connectivity index (χ0v) is 11.7. The molecule has 1 aromatic heterocycles. The minimum atomic E-state index is -0.886. The van der Waals surface area contributed by atoms with Crippen LogP contribution in [0.15, 0.2) is 0 Å². The van der Waals surface area contributed by atoms with Crippen LogP contribution in [0.3, 0.4) is 0 Å². The number of aryl methyl sites for hydroxylation is 1. The molecular weight excluding hydrogens is 252 g/mol. The highest BCUT2D eigenvalue weighted by Gasteiger charge is 2.29. The lowest BCUT2D eigenvalue weighted by atomic mass is 10.1. The zero-order valence-electron chi connectivity index (χ0n) is 10.9. The number of thiazole rings is 1. The van der Waals surface area contributed by atoms with Crippen LogP contribution in [-0.2, 0) is 11.2 Å². The highest BCUT2D eigenvalue weighted by Crippen LogP contribution is 2.30. The summed E-state index contributed by atoms with van der Waals surface area (Å²) in [7, 11) is 0. The van der Waals surface area contributed by atoms with Gasteiger partial charge in [0, 0.05) is 13.1 Å². The first-order chi connectivity index (χ1) is 8.43. The van der Waals surface area contributed by atoms with Crippen LogP contribution in [-0.4, -0.2) is 41.4 Å². The number of hydrogen-bond acceptors (Lipinski definition) is 5. The molecule has 1 N–H and O–H groups in total. The van der Waals surface area contributed by atoms with Crippen LogP contribution < -0.4 is 4.90 Å². The van der Waals surface area contributed by atoms with Crippen molar-refractivity contribution in [3.8, 4) is 0 Å². The van der Waals surface area contributed by atoms with Gasteiger partial charge >= 0.3 is 5.97 Å². The summed E-state index contributed by atoms with van der Waals surface area (Å²) < 4.78 is 5.65. The van der Waals surface area contributed by atoms with Gasteiger partial charge in [-0.05, 0) is 20.3 Å². The van der Waals surface area contributed by atoms with Crippen LogP contribution in [0.25, 0.3) is 0 Å². The number of nitrogens with zero attached hydrogens (tertiary/aromatic N) is 2. The second kappa shape index (κ2) is 4.85. The standard InChI is InChI=1S/C12H18N2O3S/c1-4-8-9(10(15)16)18-11(13-8)14-5-6-17-12(2,3)7-14/h4-7H2,1-3H3,(H,15,16). The summed E-state index contributed by atoms with van der Waals surface area (Å²) in [5.41, 5.74) is 0.464. The van der Waals surface area contributed by atoms with Crippen LogP contribution in [0.2, 0.25) is 0 Å². The summed E-state index contributed by atoms with van der Waals surface area (Å²) in [6, 6.07) is 0. The topological polar surface area (TPSA) is 62.7 Å². The third-order valence-electron chi connectivity index (χ3n) is 2.91. The van der Waals surface area contributed by atoms with Gasteiger partial charge in [0.1, 0.15) is 4.88 Å². The highest BCUT2D eigenvalue weighted by molar-refractivity contribution is 7.17. The Balaban J connectivity index is 2.25. The van der Waals surface area contributed by atoms with E-state index in [0.29, 0.717) is 23.6 Å². The Morgan fingerprint density at radius 3 is 2.83 bits per heavy atom. The number of ether oxygens (including phenoxy) is 1. The normalized spacial score (nSPS) is 18.9. The second-order valence-electron chi connectivity index (χ2n) is 4.96. The van der Waals surface area contributed by atoms with Crippen molar-refractivity contribution in [2.75, 3.05) is 24.6 Å². The monoisotopic (exact) mass is 270 g/mol. The first-order valence-corrected chi connectivity index (χ1v) is 6.86. The number of carbonyl (C=O) groups is 1. The average molecular weight is 270 g/mol. The first kappa shape index (κ1) is 13.3. The van der Waals surface area contributed by atoms with Gasteiger partial charge in [0.15, 0.2) is 5.13 Å². The number of aromatic carboxylic acids is 1. The SMILES string of the molecule is CCc1nc(N2CCOC(C)(C)C2)sc1C(=O)O. The maximum Gasteiger partial charge on any atom is 0.347 e. The summed E-state index contributed by atoms with van der Waals surface area (Å²) in [6.07, 6.45) is 0.645. The number of morpholine rings is 1. The number of rotatable bonds is 3. The Labute approximate surface area is 110 Å². The van der Waals surface area contributed by atoms with Gasteiger partial charge in [0.05, 0.1) is 17.9 Å². The van der Waals surface area contributed by atoms with Crippen molar-refractivity contribution in [1.82, 2.24) is 4.98 Å². The Kier molecular flexibility index (Phi) is 3.59. The Morgan fingerprint density at radius 1 is 1.61 bits per heavy atom. The summed E-state index contributed by atoms with van der Waals surface area (Å²) in [5.74, 6) is -0.886. The van der Waals surface area contributed by atoms with Crippen molar-refractivity contribution in [2.24, 2.45) is 0 Å². The molecule has 2 heterocycles. The van der Waals surface area contributed by atoms with Crippen LogP contribution in [0.1, 0.15) is 36.1 Å². The lowest BCUT2D eigenvalue weighted by Gasteiger charge is -2.37. The van der Waals surface area contributed by atoms with Gasteiger partial charge in [-0.25, -0.2) is 9.78 Å². The minimum absolute atomic E-state index is 0.209. The van der Waals surface area contributed by atoms with Crippen molar-refractivity contribution in [2.45, 2.75) is 32.8 Å². The van der Waals surface area contributed by atoms with Crippen LogP contribution >= 0.6 is 11.3 Å². The molecule has 2 rings (SSSR count). The van der Waals surface area contributed by atoms with E-state index in [9.17, 15) is 4.79 Å². The van der Waals surface area contributed by atoms with E-state index < -0.39 is 5.97 Å². The van der Waals surface area contributed by atoms with E-state index in [2.05, 4.69) is 9.88 Å². The molecule has 0 amide bonds. The van der Waals surface area contributed by atoms with Crippen molar-refractivity contribution >= 4 is 22.4 Å². The van der Waals surface area contributed by atoms with E-state index in [1.54, 1.807) is 0 Å². The maximum atomic E-state index is 11.1. The molecule has 5 nitrogen and oxygen atoms in total. The van der Waals surface area contributed by atoms with Gasteiger partial charge in [-0.1, -0.05) is 18.3 Å². The van der Waals surface area contributed by atoms with E-state index in [-0.39, 0.29) is 5.60 Å². The molecule has 6 heteroatoms. The molecule has 1 aliphatic rings. The minimum Gasteiger partial charge on any atom is -0.477 e. The van der Waals surface area contributed by atoms with E-state index in [1.165, 1.54) is 11.3 Å². The molecule has 18 heavy (non-hydrogen) atoms. The lowest BCUT2D eigenvalue weighted by Crippen LogP contribution is -2.48. The highest BCUT2D eigenvalue weighted by atomic mass is 32.1. The molecule has 100 valence electrons. The maximum absolute atomic E-state index is 11.1. The molecule has 1 aromatic rings. The summed E-state index contributed by atoms with van der Waals surface area (Å²) in [6.45, 7) is 8.14. The van der Waals surface area contributed by atoms with E-state index in [4.69, 9.17) is 9.84 Å². The van der Waals surface area contributed by atoms with E-state index in [0.717, 1.165) is 18.2 Å². The molecule has 0 atom stereocenters. The largest absolute Gasteiger partial charge is 0.477 e. The molecule has 1 saturated heterocycles. The van der Waals surface area contributed by atoms with Gasteiger partial charge in [0.25, 0.3) is 0 Å². The molecule has 1 fully saturated rings. The third kappa shape index (κ3) is 2.64. The Bertz CT molecular complexity index is 456. The van der Waals surface area contributed by atoms with Gasteiger partial charge in [-0.3, -0.25) is 0 Å². The number of aromatic nitrogens is 1. The molecule has 0 aromatic carbocycles. The molecular formula is C12H18N2O3S. The zero-order chi connectivity index (χ0) is 13.3. The molecule has 0 bridgehead atoms. The average Bonchev–Trinajstić information content (AvgIpc) is 2.71. The van der Waals surface area contributed by atoms with Crippen LogP contribution in [0, 0.1) is 0 Å².